The molecule has 2 rings (SSSR count). The van der Waals surface area contributed by atoms with Gasteiger partial charge in [0.2, 0.25) is 0 Å². The summed E-state index contributed by atoms with van der Waals surface area (Å²) >= 11 is 0. The van der Waals surface area contributed by atoms with Crippen LogP contribution in [0.3, 0.4) is 0 Å². The van der Waals surface area contributed by atoms with Gasteiger partial charge >= 0.3 is 0 Å². The van der Waals surface area contributed by atoms with Gasteiger partial charge in [-0.1, -0.05) is 32.0 Å². The zero-order valence-electron chi connectivity index (χ0n) is 12.4. The number of aromatic amines is 1. The van der Waals surface area contributed by atoms with Crippen molar-refractivity contribution in [1.82, 2.24) is 15.5 Å². The fourth-order valence-corrected chi connectivity index (χ4v) is 2.82. The first kappa shape index (κ1) is 15.0. The van der Waals surface area contributed by atoms with E-state index in [2.05, 4.69) is 47.6 Å². The Labute approximate surface area is 120 Å². The molecular formula is C16H25N3O. The average molecular weight is 275 g/mol. The molecule has 0 saturated heterocycles. The molecule has 0 fully saturated rings. The van der Waals surface area contributed by atoms with Crippen LogP contribution < -0.4 is 5.32 Å². The van der Waals surface area contributed by atoms with Crippen LogP contribution in [0, 0.1) is 5.41 Å². The Hall–Kier alpha value is -1.39. The van der Waals surface area contributed by atoms with Crippen LogP contribution in [0.5, 0.6) is 0 Å². The van der Waals surface area contributed by atoms with Crippen molar-refractivity contribution < 1.29 is 5.11 Å². The van der Waals surface area contributed by atoms with Crippen molar-refractivity contribution in [2.24, 2.45) is 5.41 Å². The highest BCUT2D eigenvalue weighted by molar-refractivity contribution is 5.81. The fourth-order valence-electron chi connectivity index (χ4n) is 2.82. The fraction of sp³-hybridized carbons (Fsp3) is 0.562. The standard InChI is InChI=1S/C16H25N3O/c1-3-16(4-2,8-9-20)12-17-10-13-6-5-7-14-11-18-19-15(13)14/h5-7,11,17,20H,3-4,8-10,12H2,1-2H3,(H,18,19). The van der Waals surface area contributed by atoms with Gasteiger partial charge in [-0.25, -0.2) is 0 Å². The number of aromatic nitrogens is 2. The number of nitrogens with zero attached hydrogens (tertiary/aromatic N) is 1. The molecule has 4 heteroatoms. The van der Waals surface area contributed by atoms with Crippen molar-refractivity contribution in [3.63, 3.8) is 0 Å². The molecule has 0 saturated carbocycles. The molecule has 0 unspecified atom stereocenters. The highest BCUT2D eigenvalue weighted by Crippen LogP contribution is 2.29. The zero-order valence-corrected chi connectivity index (χ0v) is 12.4. The Morgan fingerprint density at radius 1 is 1.30 bits per heavy atom. The number of rotatable bonds is 8. The van der Waals surface area contributed by atoms with Crippen LogP contribution in [0.1, 0.15) is 38.7 Å². The van der Waals surface area contributed by atoms with Crippen molar-refractivity contribution in [3.05, 3.63) is 30.0 Å². The summed E-state index contributed by atoms with van der Waals surface area (Å²) in [7, 11) is 0. The number of fused-ring (bicyclic) bond motifs is 1. The molecule has 0 amide bonds. The van der Waals surface area contributed by atoms with E-state index in [9.17, 15) is 5.11 Å². The molecule has 1 heterocycles. The van der Waals surface area contributed by atoms with Crippen LogP contribution in [0.25, 0.3) is 10.9 Å². The van der Waals surface area contributed by atoms with Crippen LogP contribution in [-0.4, -0.2) is 28.5 Å². The van der Waals surface area contributed by atoms with E-state index in [1.165, 1.54) is 5.56 Å². The van der Waals surface area contributed by atoms with E-state index in [1.807, 2.05) is 6.20 Å². The molecule has 0 aliphatic carbocycles. The summed E-state index contributed by atoms with van der Waals surface area (Å²) in [6.07, 6.45) is 4.89. The van der Waals surface area contributed by atoms with Gasteiger partial charge in [-0.15, -0.1) is 0 Å². The van der Waals surface area contributed by atoms with Crippen molar-refractivity contribution >= 4 is 10.9 Å². The van der Waals surface area contributed by atoms with Crippen LogP contribution in [0.15, 0.2) is 24.4 Å². The van der Waals surface area contributed by atoms with E-state index in [0.717, 1.165) is 43.3 Å². The second-order valence-electron chi connectivity index (χ2n) is 5.54. The third kappa shape index (κ3) is 3.19. The highest BCUT2D eigenvalue weighted by atomic mass is 16.3. The van der Waals surface area contributed by atoms with Crippen LogP contribution in [0.2, 0.25) is 0 Å². The monoisotopic (exact) mass is 275 g/mol. The Bertz CT molecular complexity index is 531. The van der Waals surface area contributed by atoms with Gasteiger partial charge in [-0.3, -0.25) is 5.10 Å². The number of benzene rings is 1. The second-order valence-corrected chi connectivity index (χ2v) is 5.54. The third-order valence-electron chi connectivity index (χ3n) is 4.52. The number of aliphatic hydroxyl groups is 1. The summed E-state index contributed by atoms with van der Waals surface area (Å²) in [5.41, 5.74) is 2.56. The minimum atomic E-state index is 0.205. The van der Waals surface area contributed by atoms with Crippen LogP contribution >= 0.6 is 0 Å². The molecule has 1 aromatic carbocycles. The molecule has 0 bridgehead atoms. The first-order valence-electron chi connectivity index (χ1n) is 7.47. The molecule has 0 aliphatic rings. The summed E-state index contributed by atoms with van der Waals surface area (Å²) in [5.74, 6) is 0. The molecule has 3 N–H and O–H groups in total. The lowest BCUT2D eigenvalue weighted by Crippen LogP contribution is -2.34. The first-order valence-corrected chi connectivity index (χ1v) is 7.47. The Morgan fingerprint density at radius 3 is 2.80 bits per heavy atom. The maximum Gasteiger partial charge on any atom is 0.0695 e. The van der Waals surface area contributed by atoms with Gasteiger partial charge < -0.3 is 10.4 Å². The summed E-state index contributed by atoms with van der Waals surface area (Å²) in [6.45, 7) is 6.43. The van der Waals surface area contributed by atoms with E-state index in [0.29, 0.717) is 0 Å². The van der Waals surface area contributed by atoms with Crippen molar-refractivity contribution in [3.8, 4) is 0 Å². The summed E-state index contributed by atoms with van der Waals surface area (Å²) in [5, 5.41) is 21.1. The van der Waals surface area contributed by atoms with Gasteiger partial charge in [0, 0.05) is 25.1 Å². The van der Waals surface area contributed by atoms with Crippen LogP contribution in [0.4, 0.5) is 0 Å². The quantitative estimate of drug-likeness (QED) is 0.694. The number of hydrogen-bond acceptors (Lipinski definition) is 3. The lowest BCUT2D eigenvalue weighted by molar-refractivity contribution is 0.163. The maximum absolute atomic E-state index is 9.25. The molecule has 110 valence electrons. The van der Waals surface area contributed by atoms with Gasteiger partial charge in [0.05, 0.1) is 11.7 Å². The SMILES string of the molecule is CCC(CC)(CCO)CNCc1cccc2cn[nH]c12. The van der Waals surface area contributed by atoms with Crippen molar-refractivity contribution in [2.75, 3.05) is 13.2 Å². The first-order chi connectivity index (χ1) is 9.74. The molecule has 1 aromatic heterocycles. The number of aliphatic hydroxyl groups excluding tert-OH is 1. The van der Waals surface area contributed by atoms with Gasteiger partial charge in [-0.05, 0) is 30.2 Å². The topological polar surface area (TPSA) is 60.9 Å². The van der Waals surface area contributed by atoms with Crippen molar-refractivity contribution in [1.29, 1.82) is 0 Å². The van der Waals surface area contributed by atoms with Crippen LogP contribution in [-0.2, 0) is 6.54 Å². The molecule has 20 heavy (non-hydrogen) atoms. The minimum Gasteiger partial charge on any atom is -0.396 e. The summed E-state index contributed by atoms with van der Waals surface area (Å²) in [6, 6.07) is 6.26. The van der Waals surface area contributed by atoms with Gasteiger partial charge in [0.15, 0.2) is 0 Å². The maximum atomic E-state index is 9.25. The Balaban J connectivity index is 2.00. The van der Waals surface area contributed by atoms with Gasteiger partial charge in [0.25, 0.3) is 0 Å². The zero-order chi connectivity index (χ0) is 14.4. The third-order valence-corrected chi connectivity index (χ3v) is 4.52. The number of H-pyrrole nitrogens is 1. The smallest absolute Gasteiger partial charge is 0.0695 e. The predicted octanol–water partition coefficient (Wildman–Crippen LogP) is 2.84. The van der Waals surface area contributed by atoms with E-state index in [-0.39, 0.29) is 12.0 Å². The number of para-hydroxylation sites is 1. The number of hydrogen-bond donors (Lipinski definition) is 3. The average Bonchev–Trinajstić information content (AvgIpc) is 2.95. The van der Waals surface area contributed by atoms with Crippen molar-refractivity contribution in [2.45, 2.75) is 39.7 Å². The van der Waals surface area contributed by atoms with E-state index in [1.54, 1.807) is 0 Å². The molecular weight excluding hydrogens is 250 g/mol. The normalized spacial score (nSPS) is 12.2. The number of nitrogens with one attached hydrogen (secondary N) is 2. The Kier molecular flexibility index (Phi) is 5.15. The minimum absolute atomic E-state index is 0.205. The molecule has 2 aromatic rings. The Morgan fingerprint density at radius 2 is 2.10 bits per heavy atom. The van der Waals surface area contributed by atoms with Gasteiger partial charge in [0.1, 0.15) is 0 Å². The van der Waals surface area contributed by atoms with E-state index >= 15 is 0 Å². The largest absolute Gasteiger partial charge is 0.396 e. The molecule has 0 atom stereocenters. The lowest BCUT2D eigenvalue weighted by Gasteiger charge is -2.31. The van der Waals surface area contributed by atoms with Gasteiger partial charge in [-0.2, -0.15) is 5.10 Å². The summed E-state index contributed by atoms with van der Waals surface area (Å²) < 4.78 is 0. The van der Waals surface area contributed by atoms with E-state index in [4.69, 9.17) is 0 Å². The predicted molar refractivity (Wildman–Crippen MR) is 82.5 cm³/mol. The lowest BCUT2D eigenvalue weighted by atomic mass is 9.79. The molecule has 0 radical (unpaired) electrons. The van der Waals surface area contributed by atoms with E-state index < -0.39 is 0 Å². The molecule has 4 nitrogen and oxygen atoms in total. The molecule has 0 aliphatic heterocycles. The summed E-state index contributed by atoms with van der Waals surface area (Å²) in [4.78, 5) is 0. The second kappa shape index (κ2) is 6.86. The highest BCUT2D eigenvalue weighted by Gasteiger charge is 2.24. The molecule has 0 spiro atoms.